The Bertz CT molecular complexity index is 370. The van der Waals surface area contributed by atoms with Gasteiger partial charge in [-0.15, -0.1) is 0 Å². The van der Waals surface area contributed by atoms with Crippen molar-refractivity contribution in [3.05, 3.63) is 18.5 Å². The van der Waals surface area contributed by atoms with Crippen molar-refractivity contribution in [2.45, 2.75) is 18.9 Å². The summed E-state index contributed by atoms with van der Waals surface area (Å²) in [5, 5.41) is 0. The summed E-state index contributed by atoms with van der Waals surface area (Å²) in [6, 6.07) is 2.46. The number of anilines is 1. The number of piperazine rings is 1. The number of hydrogen-bond donors (Lipinski definition) is 1. The molecule has 1 atom stereocenters. The molecule has 98 valence electrons. The van der Waals surface area contributed by atoms with Crippen molar-refractivity contribution in [3.63, 3.8) is 0 Å². The van der Waals surface area contributed by atoms with Crippen LogP contribution in [0.4, 0.5) is 5.95 Å². The summed E-state index contributed by atoms with van der Waals surface area (Å²) in [5.41, 5.74) is 5.91. The van der Waals surface area contributed by atoms with Crippen LogP contribution in [0, 0.1) is 5.92 Å². The Kier molecular flexibility index (Phi) is 3.43. The van der Waals surface area contributed by atoms with Gasteiger partial charge in [-0.3, -0.25) is 4.90 Å². The number of nitrogens with two attached hydrogens (primary N) is 1. The Labute approximate surface area is 108 Å². The largest absolute Gasteiger partial charge is 0.338 e. The van der Waals surface area contributed by atoms with Gasteiger partial charge >= 0.3 is 0 Å². The lowest BCUT2D eigenvalue weighted by molar-refractivity contribution is 0.170. The van der Waals surface area contributed by atoms with Crippen molar-refractivity contribution in [3.8, 4) is 0 Å². The Morgan fingerprint density at radius 3 is 2.39 bits per heavy atom. The van der Waals surface area contributed by atoms with Crippen molar-refractivity contribution in [2.24, 2.45) is 11.7 Å². The summed E-state index contributed by atoms with van der Waals surface area (Å²) in [6.07, 6.45) is 6.34. The molecule has 18 heavy (non-hydrogen) atoms. The molecule has 2 N–H and O–H groups in total. The highest BCUT2D eigenvalue weighted by molar-refractivity contribution is 5.29. The zero-order valence-corrected chi connectivity index (χ0v) is 10.7. The number of aromatic nitrogens is 2. The number of rotatable bonds is 4. The van der Waals surface area contributed by atoms with Crippen molar-refractivity contribution in [2.75, 3.05) is 37.6 Å². The van der Waals surface area contributed by atoms with Crippen molar-refractivity contribution >= 4 is 5.95 Å². The van der Waals surface area contributed by atoms with Gasteiger partial charge in [-0.2, -0.15) is 0 Å². The van der Waals surface area contributed by atoms with Gasteiger partial charge in [-0.05, 0) is 24.8 Å². The zero-order valence-electron chi connectivity index (χ0n) is 10.7. The maximum absolute atomic E-state index is 5.91. The van der Waals surface area contributed by atoms with Crippen molar-refractivity contribution in [1.82, 2.24) is 14.9 Å². The molecular formula is C13H21N5. The van der Waals surface area contributed by atoms with Gasteiger partial charge in [0.2, 0.25) is 5.95 Å². The molecular weight excluding hydrogens is 226 g/mol. The van der Waals surface area contributed by atoms with Crippen LogP contribution in [0.5, 0.6) is 0 Å². The van der Waals surface area contributed by atoms with Gasteiger partial charge in [0.25, 0.3) is 0 Å². The van der Waals surface area contributed by atoms with Gasteiger partial charge in [0.1, 0.15) is 0 Å². The first kappa shape index (κ1) is 11.9. The normalized spacial score (nSPS) is 23.1. The van der Waals surface area contributed by atoms with E-state index < -0.39 is 0 Å². The molecule has 0 radical (unpaired) electrons. The van der Waals surface area contributed by atoms with E-state index in [0.29, 0.717) is 6.04 Å². The number of hydrogen-bond acceptors (Lipinski definition) is 5. The number of nitrogens with zero attached hydrogens (tertiary/aromatic N) is 4. The van der Waals surface area contributed by atoms with Crippen LogP contribution >= 0.6 is 0 Å². The minimum atomic E-state index is 0.601. The van der Waals surface area contributed by atoms with Crippen LogP contribution in [0.1, 0.15) is 12.8 Å². The molecule has 0 bridgehead atoms. The van der Waals surface area contributed by atoms with E-state index in [4.69, 9.17) is 5.73 Å². The fraction of sp³-hybridized carbons (Fsp3) is 0.692. The summed E-state index contributed by atoms with van der Waals surface area (Å²) >= 11 is 0. The molecule has 1 saturated heterocycles. The first-order chi connectivity index (χ1) is 8.88. The van der Waals surface area contributed by atoms with E-state index >= 15 is 0 Å². The predicted molar refractivity (Wildman–Crippen MR) is 71.4 cm³/mol. The van der Waals surface area contributed by atoms with Gasteiger partial charge < -0.3 is 10.6 Å². The molecule has 2 fully saturated rings. The van der Waals surface area contributed by atoms with Gasteiger partial charge in [-0.25, -0.2) is 9.97 Å². The van der Waals surface area contributed by atoms with E-state index in [1.807, 2.05) is 18.5 Å². The summed E-state index contributed by atoms with van der Waals surface area (Å²) in [6.45, 7) is 4.97. The van der Waals surface area contributed by atoms with Gasteiger partial charge in [0.15, 0.2) is 0 Å². The van der Waals surface area contributed by atoms with Crippen LogP contribution < -0.4 is 10.6 Å². The highest BCUT2D eigenvalue weighted by Crippen LogP contribution is 2.35. The lowest BCUT2D eigenvalue weighted by atomic mass is 10.1. The minimum absolute atomic E-state index is 0.601. The SMILES string of the molecule is NCC(C1CC1)N1CCN(c2ncccn2)CC1. The summed E-state index contributed by atoms with van der Waals surface area (Å²) in [7, 11) is 0. The second kappa shape index (κ2) is 5.20. The third-order valence-corrected chi connectivity index (χ3v) is 4.03. The van der Waals surface area contributed by atoms with E-state index in [2.05, 4.69) is 19.8 Å². The molecule has 5 heteroatoms. The van der Waals surface area contributed by atoms with Crippen molar-refractivity contribution < 1.29 is 0 Å². The summed E-state index contributed by atoms with van der Waals surface area (Å²) in [5.74, 6) is 1.71. The molecule has 1 aromatic heterocycles. The Hall–Kier alpha value is -1.20. The van der Waals surface area contributed by atoms with E-state index in [9.17, 15) is 0 Å². The Balaban J connectivity index is 1.57. The quantitative estimate of drug-likeness (QED) is 0.831. The lowest BCUT2D eigenvalue weighted by Crippen LogP contribution is -2.53. The Morgan fingerprint density at radius 1 is 1.17 bits per heavy atom. The summed E-state index contributed by atoms with van der Waals surface area (Å²) in [4.78, 5) is 13.4. The maximum Gasteiger partial charge on any atom is 0.225 e. The van der Waals surface area contributed by atoms with Crippen LogP contribution in [0.15, 0.2) is 18.5 Å². The van der Waals surface area contributed by atoms with Crippen LogP contribution in [0.25, 0.3) is 0 Å². The molecule has 1 unspecified atom stereocenters. The third kappa shape index (κ3) is 2.47. The predicted octanol–water partition coefficient (Wildman–Crippen LogP) is 0.336. The highest BCUT2D eigenvalue weighted by atomic mass is 15.3. The van der Waals surface area contributed by atoms with Gasteiger partial charge in [0.05, 0.1) is 0 Å². The molecule has 1 aliphatic carbocycles. The zero-order chi connectivity index (χ0) is 12.4. The topological polar surface area (TPSA) is 58.3 Å². The smallest absolute Gasteiger partial charge is 0.225 e. The molecule has 3 rings (SSSR count). The molecule has 5 nitrogen and oxygen atoms in total. The molecule has 1 aliphatic heterocycles. The second-order valence-corrected chi connectivity index (χ2v) is 5.21. The Morgan fingerprint density at radius 2 is 1.83 bits per heavy atom. The van der Waals surface area contributed by atoms with Crippen molar-refractivity contribution in [1.29, 1.82) is 0 Å². The van der Waals surface area contributed by atoms with Gasteiger partial charge in [0, 0.05) is 51.2 Å². The molecule has 0 aromatic carbocycles. The fourth-order valence-corrected chi connectivity index (χ4v) is 2.83. The second-order valence-electron chi connectivity index (χ2n) is 5.21. The third-order valence-electron chi connectivity index (χ3n) is 4.03. The van der Waals surface area contributed by atoms with E-state index in [1.54, 1.807) is 0 Å². The minimum Gasteiger partial charge on any atom is -0.338 e. The fourth-order valence-electron chi connectivity index (χ4n) is 2.83. The van der Waals surface area contributed by atoms with E-state index in [1.165, 1.54) is 12.8 Å². The standard InChI is InChI=1S/C13H21N5/c14-10-12(11-2-3-11)17-6-8-18(9-7-17)13-15-4-1-5-16-13/h1,4-5,11-12H,2-3,6-10,14H2. The average molecular weight is 247 g/mol. The van der Waals surface area contributed by atoms with Gasteiger partial charge in [-0.1, -0.05) is 0 Å². The molecule has 1 aromatic rings. The molecule has 0 amide bonds. The average Bonchev–Trinajstić information content (AvgIpc) is 3.26. The maximum atomic E-state index is 5.91. The van der Waals surface area contributed by atoms with E-state index in [-0.39, 0.29) is 0 Å². The van der Waals surface area contributed by atoms with Crippen LogP contribution in [-0.4, -0.2) is 53.6 Å². The molecule has 0 spiro atoms. The van der Waals surface area contributed by atoms with Crippen LogP contribution in [-0.2, 0) is 0 Å². The monoisotopic (exact) mass is 247 g/mol. The van der Waals surface area contributed by atoms with E-state index in [0.717, 1.165) is 44.6 Å². The van der Waals surface area contributed by atoms with Crippen LogP contribution in [0.2, 0.25) is 0 Å². The molecule has 2 aliphatic rings. The molecule has 2 heterocycles. The lowest BCUT2D eigenvalue weighted by Gasteiger charge is -2.39. The van der Waals surface area contributed by atoms with Crippen LogP contribution in [0.3, 0.4) is 0 Å². The summed E-state index contributed by atoms with van der Waals surface area (Å²) < 4.78 is 0. The first-order valence-corrected chi connectivity index (χ1v) is 6.84. The highest BCUT2D eigenvalue weighted by Gasteiger charge is 2.35. The molecule has 1 saturated carbocycles. The first-order valence-electron chi connectivity index (χ1n) is 6.84.